The van der Waals surface area contributed by atoms with Gasteiger partial charge in [-0.05, 0) is 55.0 Å². The number of halogens is 1. The Kier molecular flexibility index (Phi) is 6.16. The molecule has 0 N–H and O–H groups in total. The molecule has 1 aromatic heterocycles. The van der Waals surface area contributed by atoms with Crippen molar-refractivity contribution in [2.24, 2.45) is 0 Å². The SMILES string of the molecule is Cc1ccc(-c2cc(Cl)ccc2OCc2ccccc2)n1CS(=O)(=O)c1ccccc1. The summed E-state index contributed by atoms with van der Waals surface area (Å²) in [5.74, 6) is 0.472. The first-order chi connectivity index (χ1) is 14.9. The number of aryl methyl sites for hydroxylation is 1. The Hall–Kier alpha value is -3.02. The highest BCUT2D eigenvalue weighted by Gasteiger charge is 2.20. The largest absolute Gasteiger partial charge is 0.488 e. The van der Waals surface area contributed by atoms with E-state index in [9.17, 15) is 8.42 Å². The Morgan fingerprint density at radius 3 is 2.26 bits per heavy atom. The van der Waals surface area contributed by atoms with Crippen LogP contribution in [0.15, 0.2) is 95.9 Å². The molecule has 1 heterocycles. The molecule has 4 nitrogen and oxygen atoms in total. The fourth-order valence-electron chi connectivity index (χ4n) is 3.41. The zero-order valence-corrected chi connectivity index (χ0v) is 18.6. The lowest BCUT2D eigenvalue weighted by Gasteiger charge is -2.16. The third kappa shape index (κ3) is 4.84. The summed E-state index contributed by atoms with van der Waals surface area (Å²) in [6.07, 6.45) is 0. The Morgan fingerprint density at radius 2 is 1.55 bits per heavy atom. The fraction of sp³-hybridized carbons (Fsp3) is 0.120. The van der Waals surface area contributed by atoms with Crippen molar-refractivity contribution in [2.45, 2.75) is 24.3 Å². The monoisotopic (exact) mass is 451 g/mol. The first kappa shape index (κ1) is 21.2. The van der Waals surface area contributed by atoms with Crippen LogP contribution in [0.1, 0.15) is 11.3 Å². The first-order valence-electron chi connectivity index (χ1n) is 9.84. The third-order valence-electron chi connectivity index (χ3n) is 5.06. The maximum atomic E-state index is 13.0. The number of sulfone groups is 1. The molecular weight excluding hydrogens is 430 g/mol. The standard InChI is InChI=1S/C25H22ClNO3S/c1-19-12-14-24(27(19)18-31(28,29)22-10-6-3-7-11-22)23-16-21(26)13-15-25(23)30-17-20-8-4-2-5-9-20/h2-16H,17-18H2,1H3. The van der Waals surface area contributed by atoms with Crippen LogP contribution < -0.4 is 4.74 Å². The second-order valence-electron chi connectivity index (χ2n) is 7.26. The molecule has 3 aromatic carbocycles. The van der Waals surface area contributed by atoms with Crippen molar-refractivity contribution in [2.75, 3.05) is 0 Å². The summed E-state index contributed by atoms with van der Waals surface area (Å²) in [5.41, 5.74) is 3.37. The lowest BCUT2D eigenvalue weighted by molar-refractivity contribution is 0.307. The van der Waals surface area contributed by atoms with Gasteiger partial charge >= 0.3 is 0 Å². The van der Waals surface area contributed by atoms with Crippen molar-refractivity contribution in [1.82, 2.24) is 4.57 Å². The molecule has 0 unspecified atom stereocenters. The van der Waals surface area contributed by atoms with E-state index in [2.05, 4.69) is 0 Å². The van der Waals surface area contributed by atoms with Crippen LogP contribution in [0, 0.1) is 6.92 Å². The maximum absolute atomic E-state index is 13.0. The van der Waals surface area contributed by atoms with Gasteiger partial charge < -0.3 is 9.30 Å². The van der Waals surface area contributed by atoms with Crippen LogP contribution in [0.2, 0.25) is 5.02 Å². The molecule has 31 heavy (non-hydrogen) atoms. The Morgan fingerprint density at radius 1 is 0.871 bits per heavy atom. The molecule has 0 fully saturated rings. The minimum atomic E-state index is -3.53. The summed E-state index contributed by atoms with van der Waals surface area (Å²) in [6, 6.07) is 27.5. The van der Waals surface area contributed by atoms with Gasteiger partial charge in [0.05, 0.1) is 10.6 Å². The quantitative estimate of drug-likeness (QED) is 0.339. The van der Waals surface area contributed by atoms with E-state index in [1.807, 2.05) is 61.5 Å². The Balaban J connectivity index is 1.70. The average molecular weight is 452 g/mol. The molecule has 0 atom stereocenters. The lowest BCUT2D eigenvalue weighted by atomic mass is 10.1. The van der Waals surface area contributed by atoms with Crippen molar-refractivity contribution < 1.29 is 13.2 Å². The number of rotatable bonds is 7. The highest BCUT2D eigenvalue weighted by Crippen LogP contribution is 2.35. The zero-order chi connectivity index (χ0) is 21.8. The highest BCUT2D eigenvalue weighted by molar-refractivity contribution is 7.90. The summed E-state index contributed by atoms with van der Waals surface area (Å²) in [5, 5.41) is 0.554. The number of hydrogen-bond acceptors (Lipinski definition) is 3. The van der Waals surface area contributed by atoms with Crippen LogP contribution >= 0.6 is 11.6 Å². The molecule has 4 aromatic rings. The fourth-order valence-corrected chi connectivity index (χ4v) is 4.99. The lowest BCUT2D eigenvalue weighted by Crippen LogP contribution is -2.13. The molecule has 0 aliphatic carbocycles. The van der Waals surface area contributed by atoms with Crippen LogP contribution in [0.4, 0.5) is 0 Å². The average Bonchev–Trinajstić information content (AvgIpc) is 3.13. The van der Waals surface area contributed by atoms with Crippen molar-refractivity contribution in [3.8, 4) is 17.0 Å². The molecule has 158 valence electrons. The van der Waals surface area contributed by atoms with Crippen molar-refractivity contribution in [3.63, 3.8) is 0 Å². The van der Waals surface area contributed by atoms with Gasteiger partial charge in [0.1, 0.15) is 18.2 Å². The third-order valence-corrected chi connectivity index (χ3v) is 6.88. The molecular formula is C25H22ClNO3S. The number of hydrogen-bond donors (Lipinski definition) is 0. The first-order valence-corrected chi connectivity index (χ1v) is 11.9. The summed E-state index contributed by atoms with van der Waals surface area (Å²) >= 11 is 6.29. The zero-order valence-electron chi connectivity index (χ0n) is 17.0. The van der Waals surface area contributed by atoms with Crippen LogP contribution in [0.5, 0.6) is 5.75 Å². The molecule has 0 bridgehead atoms. The van der Waals surface area contributed by atoms with E-state index in [0.717, 1.165) is 22.5 Å². The summed E-state index contributed by atoms with van der Waals surface area (Å²) in [6.45, 7) is 2.29. The smallest absolute Gasteiger partial charge is 0.196 e. The normalized spacial score (nSPS) is 11.4. The van der Waals surface area contributed by atoms with Gasteiger partial charge in [-0.2, -0.15) is 0 Å². The second kappa shape index (κ2) is 9.00. The molecule has 0 saturated heterocycles. The van der Waals surface area contributed by atoms with Gasteiger partial charge in [-0.1, -0.05) is 60.1 Å². The molecule has 0 amide bonds. The minimum Gasteiger partial charge on any atom is -0.488 e. The topological polar surface area (TPSA) is 48.3 Å². The van der Waals surface area contributed by atoms with Crippen molar-refractivity contribution in [1.29, 1.82) is 0 Å². The maximum Gasteiger partial charge on any atom is 0.196 e. The Labute approximate surface area is 187 Å². The van der Waals surface area contributed by atoms with E-state index in [1.165, 1.54) is 0 Å². The van der Waals surface area contributed by atoms with Gasteiger partial charge in [0.2, 0.25) is 0 Å². The number of nitrogens with zero attached hydrogens (tertiary/aromatic N) is 1. The van der Waals surface area contributed by atoms with E-state index in [-0.39, 0.29) is 5.88 Å². The van der Waals surface area contributed by atoms with Crippen molar-refractivity contribution >= 4 is 21.4 Å². The van der Waals surface area contributed by atoms with Crippen LogP contribution in [-0.2, 0) is 22.3 Å². The molecule has 4 rings (SSSR count). The van der Waals surface area contributed by atoms with E-state index in [0.29, 0.717) is 22.3 Å². The molecule has 0 radical (unpaired) electrons. The molecule has 0 aliphatic rings. The number of ether oxygens (including phenoxy) is 1. The van der Waals surface area contributed by atoms with Gasteiger partial charge in [-0.25, -0.2) is 8.42 Å². The predicted molar refractivity (Wildman–Crippen MR) is 124 cm³/mol. The van der Waals surface area contributed by atoms with E-state index >= 15 is 0 Å². The van der Waals surface area contributed by atoms with E-state index < -0.39 is 9.84 Å². The van der Waals surface area contributed by atoms with Crippen LogP contribution in [0.25, 0.3) is 11.3 Å². The van der Waals surface area contributed by atoms with Crippen LogP contribution in [0.3, 0.4) is 0 Å². The second-order valence-corrected chi connectivity index (χ2v) is 9.66. The van der Waals surface area contributed by atoms with Gasteiger partial charge in [0, 0.05) is 16.3 Å². The van der Waals surface area contributed by atoms with Gasteiger partial charge in [-0.15, -0.1) is 0 Å². The minimum absolute atomic E-state index is 0.171. The highest BCUT2D eigenvalue weighted by atomic mass is 35.5. The van der Waals surface area contributed by atoms with Crippen LogP contribution in [-0.4, -0.2) is 13.0 Å². The molecule has 0 spiro atoms. The molecule has 0 aliphatic heterocycles. The Bertz CT molecular complexity index is 1280. The number of benzene rings is 3. The van der Waals surface area contributed by atoms with Gasteiger partial charge in [0.15, 0.2) is 9.84 Å². The predicted octanol–water partition coefficient (Wildman–Crippen LogP) is 6.13. The summed E-state index contributed by atoms with van der Waals surface area (Å²) < 4.78 is 33.9. The van der Waals surface area contributed by atoms with Crippen molar-refractivity contribution in [3.05, 3.63) is 107 Å². The summed E-state index contributed by atoms with van der Waals surface area (Å²) in [4.78, 5) is 0.292. The molecule has 0 saturated carbocycles. The van der Waals surface area contributed by atoms with E-state index in [4.69, 9.17) is 16.3 Å². The van der Waals surface area contributed by atoms with E-state index in [1.54, 1.807) is 41.0 Å². The molecule has 6 heteroatoms. The van der Waals surface area contributed by atoms with Gasteiger partial charge in [-0.3, -0.25) is 0 Å². The summed E-state index contributed by atoms with van der Waals surface area (Å²) in [7, 11) is -3.53. The number of aromatic nitrogens is 1. The van der Waals surface area contributed by atoms with Gasteiger partial charge in [0.25, 0.3) is 0 Å².